The molecule has 0 aliphatic carbocycles. The molecule has 0 saturated heterocycles. The van der Waals surface area contributed by atoms with E-state index in [1.807, 2.05) is 12.1 Å². The normalized spacial score (nSPS) is 10.5. The Balaban J connectivity index is 2.03. The Hall–Kier alpha value is -2.59. The monoisotopic (exact) mass is 299 g/mol. The van der Waals surface area contributed by atoms with Crippen LogP contribution in [0.25, 0.3) is 22.8 Å². The highest BCUT2D eigenvalue weighted by Crippen LogP contribution is 2.28. The number of nitrogens with zero attached hydrogens (tertiary/aromatic N) is 1. The zero-order valence-corrected chi connectivity index (χ0v) is 11.5. The van der Waals surface area contributed by atoms with Gasteiger partial charge in [0.15, 0.2) is 5.76 Å². The van der Waals surface area contributed by atoms with Gasteiger partial charge in [-0.05, 0) is 36.4 Å². The number of benzene rings is 2. The number of halogens is 1. The molecule has 21 heavy (non-hydrogen) atoms. The molecule has 1 heterocycles. The third-order valence-corrected chi connectivity index (χ3v) is 3.27. The first-order valence-electron chi connectivity index (χ1n) is 6.19. The minimum atomic E-state index is -1.02. The summed E-state index contributed by atoms with van der Waals surface area (Å²) < 4.78 is 5.67. The molecule has 0 atom stereocenters. The Morgan fingerprint density at radius 1 is 1.10 bits per heavy atom. The maximum atomic E-state index is 11.2. The molecule has 104 valence electrons. The molecular weight excluding hydrogens is 290 g/mol. The van der Waals surface area contributed by atoms with Crippen LogP contribution in [0.15, 0.2) is 59.1 Å². The van der Waals surface area contributed by atoms with Crippen molar-refractivity contribution < 1.29 is 14.3 Å². The quantitative estimate of drug-likeness (QED) is 0.780. The molecule has 5 heteroatoms. The average molecular weight is 300 g/mol. The summed E-state index contributed by atoms with van der Waals surface area (Å²) in [5.41, 5.74) is 1.43. The van der Waals surface area contributed by atoms with Gasteiger partial charge in [0.2, 0.25) is 5.89 Å². The maximum Gasteiger partial charge on any atom is 0.336 e. The van der Waals surface area contributed by atoms with Crippen molar-refractivity contribution in [1.29, 1.82) is 0 Å². The Morgan fingerprint density at radius 3 is 2.52 bits per heavy atom. The number of hydrogen-bond donors (Lipinski definition) is 1. The third-order valence-electron chi connectivity index (χ3n) is 3.02. The van der Waals surface area contributed by atoms with Crippen LogP contribution < -0.4 is 0 Å². The Kier molecular flexibility index (Phi) is 3.46. The molecular formula is C16H10ClNO3. The van der Waals surface area contributed by atoms with Crippen LogP contribution in [0, 0.1) is 0 Å². The molecule has 1 N–H and O–H groups in total. The number of aromatic nitrogens is 1. The van der Waals surface area contributed by atoms with Gasteiger partial charge >= 0.3 is 5.97 Å². The third kappa shape index (κ3) is 2.66. The fourth-order valence-corrected chi connectivity index (χ4v) is 2.13. The summed E-state index contributed by atoms with van der Waals surface area (Å²) >= 11 is 5.84. The van der Waals surface area contributed by atoms with Crippen LogP contribution in [0.1, 0.15) is 10.4 Å². The van der Waals surface area contributed by atoms with Gasteiger partial charge < -0.3 is 9.52 Å². The van der Waals surface area contributed by atoms with E-state index in [1.165, 1.54) is 6.07 Å². The van der Waals surface area contributed by atoms with Crippen molar-refractivity contribution in [2.24, 2.45) is 0 Å². The first kappa shape index (κ1) is 13.4. The molecule has 0 radical (unpaired) electrons. The van der Waals surface area contributed by atoms with Crippen molar-refractivity contribution in [1.82, 2.24) is 4.98 Å². The molecule has 0 spiro atoms. The van der Waals surface area contributed by atoms with E-state index >= 15 is 0 Å². The van der Waals surface area contributed by atoms with Gasteiger partial charge in [-0.1, -0.05) is 23.7 Å². The van der Waals surface area contributed by atoms with Gasteiger partial charge in [-0.3, -0.25) is 0 Å². The summed E-state index contributed by atoms with van der Waals surface area (Å²) in [6, 6.07) is 13.7. The molecule has 0 aliphatic rings. The van der Waals surface area contributed by atoms with Crippen LogP contribution in [0.3, 0.4) is 0 Å². The highest BCUT2D eigenvalue weighted by Gasteiger charge is 2.15. The van der Waals surface area contributed by atoms with E-state index in [0.717, 1.165) is 5.56 Å². The standard InChI is InChI=1S/C16H10ClNO3/c17-11-7-5-10(6-8-11)14-9-18-15(21-14)12-3-1-2-4-13(12)16(19)20/h1-9H,(H,19,20). The van der Waals surface area contributed by atoms with Crippen molar-refractivity contribution in [3.05, 3.63) is 65.3 Å². The van der Waals surface area contributed by atoms with E-state index in [4.69, 9.17) is 16.0 Å². The molecule has 3 aromatic rings. The van der Waals surface area contributed by atoms with E-state index in [9.17, 15) is 9.90 Å². The maximum absolute atomic E-state index is 11.2. The molecule has 4 nitrogen and oxygen atoms in total. The highest BCUT2D eigenvalue weighted by atomic mass is 35.5. The van der Waals surface area contributed by atoms with Crippen molar-refractivity contribution in [3.8, 4) is 22.8 Å². The number of rotatable bonds is 3. The number of hydrogen-bond acceptors (Lipinski definition) is 3. The second-order valence-electron chi connectivity index (χ2n) is 4.39. The summed E-state index contributed by atoms with van der Waals surface area (Å²) in [6.45, 7) is 0. The number of carboxylic acid groups (broad SMARTS) is 1. The van der Waals surface area contributed by atoms with Gasteiger partial charge in [0, 0.05) is 10.6 Å². The molecule has 0 bridgehead atoms. The van der Waals surface area contributed by atoms with Crippen LogP contribution in [0.5, 0.6) is 0 Å². The number of oxazole rings is 1. The van der Waals surface area contributed by atoms with Gasteiger partial charge in [0.1, 0.15) is 0 Å². The molecule has 0 fully saturated rings. The number of carboxylic acids is 1. The van der Waals surface area contributed by atoms with Gasteiger partial charge in [0.25, 0.3) is 0 Å². The minimum Gasteiger partial charge on any atom is -0.478 e. The lowest BCUT2D eigenvalue weighted by Crippen LogP contribution is -1.98. The smallest absolute Gasteiger partial charge is 0.336 e. The predicted molar refractivity (Wildman–Crippen MR) is 79.3 cm³/mol. The van der Waals surface area contributed by atoms with E-state index in [1.54, 1.807) is 36.5 Å². The number of carbonyl (C=O) groups is 1. The Morgan fingerprint density at radius 2 is 1.81 bits per heavy atom. The van der Waals surface area contributed by atoms with Crippen LogP contribution in [-0.4, -0.2) is 16.1 Å². The molecule has 3 rings (SSSR count). The summed E-state index contributed by atoms with van der Waals surface area (Å²) in [7, 11) is 0. The Bertz CT molecular complexity index is 793. The summed E-state index contributed by atoms with van der Waals surface area (Å²) in [4.78, 5) is 15.4. The number of aromatic carboxylic acids is 1. The van der Waals surface area contributed by atoms with Crippen LogP contribution in [-0.2, 0) is 0 Å². The van der Waals surface area contributed by atoms with Crippen LogP contribution in [0.2, 0.25) is 5.02 Å². The van der Waals surface area contributed by atoms with E-state index < -0.39 is 5.97 Å². The molecule has 1 aromatic heterocycles. The lowest BCUT2D eigenvalue weighted by atomic mass is 10.1. The zero-order chi connectivity index (χ0) is 14.8. The van der Waals surface area contributed by atoms with Gasteiger partial charge in [0.05, 0.1) is 17.3 Å². The Labute approximate surface area is 125 Å². The second kappa shape index (κ2) is 5.42. The van der Waals surface area contributed by atoms with E-state index in [-0.39, 0.29) is 11.5 Å². The van der Waals surface area contributed by atoms with Crippen LogP contribution >= 0.6 is 11.6 Å². The summed E-state index contributed by atoms with van der Waals surface area (Å²) in [5, 5.41) is 9.83. The van der Waals surface area contributed by atoms with Crippen molar-refractivity contribution in [2.75, 3.05) is 0 Å². The fraction of sp³-hybridized carbons (Fsp3) is 0. The van der Waals surface area contributed by atoms with Gasteiger partial charge in [-0.15, -0.1) is 0 Å². The molecule has 0 amide bonds. The summed E-state index contributed by atoms with van der Waals surface area (Å²) in [5.74, 6) is -0.184. The lowest BCUT2D eigenvalue weighted by molar-refractivity contribution is 0.0697. The minimum absolute atomic E-state index is 0.155. The fourth-order valence-electron chi connectivity index (χ4n) is 2.00. The molecule has 0 unspecified atom stereocenters. The molecule has 0 aliphatic heterocycles. The molecule has 2 aromatic carbocycles. The van der Waals surface area contributed by atoms with Gasteiger partial charge in [-0.2, -0.15) is 0 Å². The SMILES string of the molecule is O=C(O)c1ccccc1-c1ncc(-c2ccc(Cl)cc2)o1. The second-order valence-corrected chi connectivity index (χ2v) is 4.82. The first-order valence-corrected chi connectivity index (χ1v) is 6.57. The average Bonchev–Trinajstić information content (AvgIpc) is 2.97. The lowest BCUT2D eigenvalue weighted by Gasteiger charge is -2.01. The highest BCUT2D eigenvalue weighted by molar-refractivity contribution is 6.30. The summed E-state index contributed by atoms with van der Waals surface area (Å²) in [6.07, 6.45) is 1.57. The zero-order valence-electron chi connectivity index (χ0n) is 10.8. The van der Waals surface area contributed by atoms with E-state index in [2.05, 4.69) is 4.98 Å². The van der Waals surface area contributed by atoms with E-state index in [0.29, 0.717) is 16.3 Å². The van der Waals surface area contributed by atoms with Crippen molar-refractivity contribution in [3.63, 3.8) is 0 Å². The first-order chi connectivity index (χ1) is 10.1. The molecule has 0 saturated carbocycles. The van der Waals surface area contributed by atoms with Crippen molar-refractivity contribution >= 4 is 17.6 Å². The largest absolute Gasteiger partial charge is 0.478 e. The van der Waals surface area contributed by atoms with Crippen LogP contribution in [0.4, 0.5) is 0 Å². The predicted octanol–water partition coefficient (Wildman–Crippen LogP) is 4.36. The van der Waals surface area contributed by atoms with Crippen molar-refractivity contribution in [2.45, 2.75) is 0 Å². The topological polar surface area (TPSA) is 63.3 Å². The van der Waals surface area contributed by atoms with Gasteiger partial charge in [-0.25, -0.2) is 9.78 Å².